The normalized spacial score (nSPS) is 12.3. The summed E-state index contributed by atoms with van der Waals surface area (Å²) in [7, 11) is 0. The van der Waals surface area contributed by atoms with E-state index in [4.69, 9.17) is 5.73 Å². The molecule has 3 N–H and O–H groups in total. The lowest BCUT2D eigenvalue weighted by Crippen LogP contribution is -2.13. The van der Waals surface area contributed by atoms with Gasteiger partial charge in [0, 0.05) is 10.0 Å². The Morgan fingerprint density at radius 3 is 2.60 bits per heavy atom. The van der Waals surface area contributed by atoms with E-state index in [1.165, 1.54) is 0 Å². The van der Waals surface area contributed by atoms with Crippen molar-refractivity contribution < 1.29 is 0 Å². The molecule has 0 aliphatic carbocycles. The van der Waals surface area contributed by atoms with Gasteiger partial charge in [-0.15, -0.1) is 0 Å². The van der Waals surface area contributed by atoms with Gasteiger partial charge in [-0.05, 0) is 17.7 Å². The number of aromatic nitrogens is 2. The highest BCUT2D eigenvalue weighted by Gasteiger charge is 2.12. The minimum absolute atomic E-state index is 0.239. The molecule has 4 heteroatoms. The number of imidazole rings is 1. The number of hydrogen-bond acceptors (Lipinski definition) is 2. The highest BCUT2D eigenvalue weighted by Crippen LogP contribution is 2.24. The van der Waals surface area contributed by atoms with Crippen LogP contribution in [0.5, 0.6) is 0 Å². The summed E-state index contributed by atoms with van der Waals surface area (Å²) in [6.45, 7) is 0. The van der Waals surface area contributed by atoms with Crippen LogP contribution in [-0.2, 0) is 0 Å². The van der Waals surface area contributed by atoms with E-state index < -0.39 is 0 Å². The predicted molar refractivity (Wildman–Crippen MR) is 84.2 cm³/mol. The molecule has 3 rings (SSSR count). The first-order valence-electron chi connectivity index (χ1n) is 6.35. The van der Waals surface area contributed by atoms with Crippen LogP contribution in [0.25, 0.3) is 11.3 Å². The highest BCUT2D eigenvalue weighted by molar-refractivity contribution is 9.10. The van der Waals surface area contributed by atoms with Crippen molar-refractivity contribution in [1.29, 1.82) is 0 Å². The van der Waals surface area contributed by atoms with Crippen molar-refractivity contribution in [3.63, 3.8) is 0 Å². The number of hydrogen-bond donors (Lipinski definition) is 2. The molecule has 0 bridgehead atoms. The van der Waals surface area contributed by atoms with Gasteiger partial charge in [-0.2, -0.15) is 0 Å². The van der Waals surface area contributed by atoms with Gasteiger partial charge in [0.1, 0.15) is 5.82 Å². The number of nitrogens with two attached hydrogens (primary N) is 1. The van der Waals surface area contributed by atoms with E-state index in [1.807, 2.05) is 60.8 Å². The first-order chi connectivity index (χ1) is 9.74. The maximum absolute atomic E-state index is 6.23. The molecule has 0 radical (unpaired) electrons. The molecule has 2 aromatic carbocycles. The summed E-state index contributed by atoms with van der Waals surface area (Å²) < 4.78 is 1.04. The van der Waals surface area contributed by atoms with Crippen molar-refractivity contribution >= 4 is 15.9 Å². The van der Waals surface area contributed by atoms with Crippen LogP contribution in [0.15, 0.2) is 65.3 Å². The Hall–Kier alpha value is -1.91. The van der Waals surface area contributed by atoms with Gasteiger partial charge in [0.2, 0.25) is 0 Å². The smallest absolute Gasteiger partial charge is 0.128 e. The molecule has 0 fully saturated rings. The Kier molecular flexibility index (Phi) is 3.67. The fourth-order valence-electron chi connectivity index (χ4n) is 2.12. The van der Waals surface area contributed by atoms with E-state index in [0.29, 0.717) is 0 Å². The second-order valence-corrected chi connectivity index (χ2v) is 5.50. The summed E-state index contributed by atoms with van der Waals surface area (Å²) in [6.07, 6.45) is 1.82. The van der Waals surface area contributed by atoms with Crippen LogP contribution in [0.2, 0.25) is 0 Å². The Labute approximate surface area is 126 Å². The topological polar surface area (TPSA) is 54.7 Å². The van der Waals surface area contributed by atoms with Crippen molar-refractivity contribution in [2.75, 3.05) is 0 Å². The first kappa shape index (κ1) is 13.1. The SMILES string of the molecule is NC(c1ccccc1)c1ncc(-c2cccc(Br)c2)[nH]1. The van der Waals surface area contributed by atoms with Gasteiger partial charge in [-0.3, -0.25) is 0 Å². The van der Waals surface area contributed by atoms with Crippen LogP contribution in [0, 0.1) is 0 Å². The molecular formula is C16H14BrN3. The molecule has 1 heterocycles. The summed E-state index contributed by atoms with van der Waals surface area (Å²) >= 11 is 3.47. The lowest BCUT2D eigenvalue weighted by Gasteiger charge is -2.08. The van der Waals surface area contributed by atoms with Gasteiger partial charge >= 0.3 is 0 Å². The van der Waals surface area contributed by atoms with E-state index in [-0.39, 0.29) is 6.04 Å². The molecule has 0 aliphatic rings. The number of benzene rings is 2. The van der Waals surface area contributed by atoms with Crippen molar-refractivity contribution in [3.8, 4) is 11.3 Å². The van der Waals surface area contributed by atoms with Gasteiger partial charge in [0.05, 0.1) is 17.9 Å². The van der Waals surface area contributed by atoms with Crippen LogP contribution in [0.4, 0.5) is 0 Å². The van der Waals surface area contributed by atoms with Crippen molar-refractivity contribution in [2.45, 2.75) is 6.04 Å². The predicted octanol–water partition coefficient (Wildman–Crippen LogP) is 3.89. The number of aromatic amines is 1. The van der Waals surface area contributed by atoms with Crippen molar-refractivity contribution in [2.24, 2.45) is 5.73 Å². The van der Waals surface area contributed by atoms with E-state index in [0.717, 1.165) is 27.1 Å². The summed E-state index contributed by atoms with van der Waals surface area (Å²) in [5.41, 5.74) is 9.33. The fourth-order valence-corrected chi connectivity index (χ4v) is 2.51. The van der Waals surface area contributed by atoms with E-state index in [9.17, 15) is 0 Å². The molecule has 0 aliphatic heterocycles. The zero-order chi connectivity index (χ0) is 13.9. The molecule has 100 valence electrons. The summed E-state index contributed by atoms with van der Waals surface area (Å²) in [5, 5.41) is 0. The number of nitrogens with zero attached hydrogens (tertiary/aromatic N) is 1. The summed E-state index contributed by atoms with van der Waals surface area (Å²) in [4.78, 5) is 7.70. The lowest BCUT2D eigenvalue weighted by molar-refractivity contribution is 0.801. The average molecular weight is 328 g/mol. The minimum Gasteiger partial charge on any atom is -0.340 e. The molecule has 1 atom stereocenters. The molecular weight excluding hydrogens is 314 g/mol. The quantitative estimate of drug-likeness (QED) is 0.766. The third-order valence-corrected chi connectivity index (χ3v) is 3.68. The Balaban J connectivity index is 1.91. The zero-order valence-electron chi connectivity index (χ0n) is 10.8. The largest absolute Gasteiger partial charge is 0.340 e. The highest BCUT2D eigenvalue weighted by atomic mass is 79.9. The molecule has 0 saturated heterocycles. The third-order valence-electron chi connectivity index (χ3n) is 3.18. The molecule has 1 unspecified atom stereocenters. The molecule has 1 aromatic heterocycles. The maximum Gasteiger partial charge on any atom is 0.128 e. The molecule has 0 saturated carbocycles. The minimum atomic E-state index is -0.239. The Morgan fingerprint density at radius 1 is 1.05 bits per heavy atom. The first-order valence-corrected chi connectivity index (χ1v) is 7.15. The van der Waals surface area contributed by atoms with E-state index in [1.54, 1.807) is 0 Å². The number of nitrogens with one attached hydrogen (secondary N) is 1. The molecule has 3 aromatic rings. The Morgan fingerprint density at radius 2 is 1.85 bits per heavy atom. The molecule has 20 heavy (non-hydrogen) atoms. The summed E-state index contributed by atoms with van der Waals surface area (Å²) in [6, 6.07) is 17.8. The Bertz CT molecular complexity index is 707. The van der Waals surface area contributed by atoms with E-state index in [2.05, 4.69) is 25.9 Å². The molecule has 0 amide bonds. The standard InChI is InChI=1S/C16H14BrN3/c17-13-8-4-7-12(9-13)14-10-19-16(20-14)15(18)11-5-2-1-3-6-11/h1-10,15H,18H2,(H,19,20). The van der Waals surface area contributed by atoms with Crippen molar-refractivity contribution in [3.05, 3.63) is 76.7 Å². The van der Waals surface area contributed by atoms with Crippen molar-refractivity contribution in [1.82, 2.24) is 9.97 Å². The molecule has 0 spiro atoms. The maximum atomic E-state index is 6.23. The number of halogens is 1. The van der Waals surface area contributed by atoms with Gasteiger partial charge < -0.3 is 10.7 Å². The zero-order valence-corrected chi connectivity index (χ0v) is 12.3. The van der Waals surface area contributed by atoms with Gasteiger partial charge in [0.15, 0.2) is 0 Å². The second kappa shape index (κ2) is 5.61. The number of rotatable bonds is 3. The monoisotopic (exact) mass is 327 g/mol. The van der Waals surface area contributed by atoms with Gasteiger partial charge in [-0.25, -0.2) is 4.98 Å². The number of H-pyrrole nitrogens is 1. The average Bonchev–Trinajstić information content (AvgIpc) is 2.97. The van der Waals surface area contributed by atoms with Gasteiger partial charge in [0.25, 0.3) is 0 Å². The van der Waals surface area contributed by atoms with Crippen LogP contribution in [0.3, 0.4) is 0 Å². The van der Waals surface area contributed by atoms with Crippen LogP contribution in [0.1, 0.15) is 17.4 Å². The second-order valence-electron chi connectivity index (χ2n) is 4.58. The van der Waals surface area contributed by atoms with Crippen LogP contribution in [-0.4, -0.2) is 9.97 Å². The van der Waals surface area contributed by atoms with Gasteiger partial charge in [-0.1, -0.05) is 58.4 Å². The third kappa shape index (κ3) is 2.66. The molecule has 3 nitrogen and oxygen atoms in total. The fraction of sp³-hybridized carbons (Fsp3) is 0.0625. The lowest BCUT2D eigenvalue weighted by atomic mass is 10.1. The van der Waals surface area contributed by atoms with Crippen LogP contribution >= 0.6 is 15.9 Å². The van der Waals surface area contributed by atoms with E-state index >= 15 is 0 Å². The van der Waals surface area contributed by atoms with Crippen LogP contribution < -0.4 is 5.73 Å². The summed E-state index contributed by atoms with van der Waals surface area (Å²) in [5.74, 6) is 0.770.